The number of fused-ring (bicyclic) bond motifs is 1. The molecular weight excluding hydrogens is 691 g/mol. The molecule has 0 amide bonds. The number of likely N-dealkylation sites (N-methyl/N-ethyl adjacent to an activating group) is 1. The highest BCUT2D eigenvalue weighted by Crippen LogP contribution is 2.39. The molecule has 0 radical (unpaired) electrons. The van der Waals surface area contributed by atoms with Crippen molar-refractivity contribution in [3.05, 3.63) is 50.5 Å². The van der Waals surface area contributed by atoms with E-state index in [2.05, 4.69) is 63.0 Å². The minimum atomic E-state index is -3.52. The van der Waals surface area contributed by atoms with Crippen LogP contribution in [0, 0.1) is 0 Å². The Hall–Kier alpha value is -2.55. The first kappa shape index (κ1) is 31.4. The molecule has 2 aromatic carbocycles. The standard InChI is InChI=1S/C29H35BrCl2N8O3S/c1-38-8-10-39(11-9-38)19-3-6-40(7-4-19)26-15-21(31)23(14-22(26)32)35-29-33-17-20(30)28(36-29)34-24-16-27-18(5-12-43-27)13-25(24)37-44(2,41)42/h13-17,19,37H,3-12H2,1-2H3,(H2,33,34,35,36). The summed E-state index contributed by atoms with van der Waals surface area (Å²) in [6.45, 7) is 6.90. The van der Waals surface area contributed by atoms with Gasteiger partial charge < -0.3 is 25.2 Å². The van der Waals surface area contributed by atoms with Crippen LogP contribution >= 0.6 is 39.1 Å². The number of ether oxygens (including phenoxy) is 1. The van der Waals surface area contributed by atoms with E-state index in [1.807, 2.05) is 6.07 Å². The molecule has 3 aliphatic heterocycles. The largest absolute Gasteiger partial charge is 0.493 e. The topological polar surface area (TPSA) is 115 Å². The number of nitrogens with one attached hydrogen (secondary N) is 3. The average molecular weight is 727 g/mol. The molecule has 3 aromatic rings. The minimum Gasteiger partial charge on any atom is -0.493 e. The number of anilines is 6. The van der Waals surface area contributed by atoms with Crippen LogP contribution in [0.25, 0.3) is 0 Å². The van der Waals surface area contributed by atoms with E-state index in [1.165, 1.54) is 0 Å². The average Bonchev–Trinajstić information content (AvgIpc) is 3.43. The lowest BCUT2D eigenvalue weighted by Gasteiger charge is -2.42. The molecule has 15 heteroatoms. The van der Waals surface area contributed by atoms with Gasteiger partial charge in [-0.25, -0.2) is 13.4 Å². The van der Waals surface area contributed by atoms with E-state index < -0.39 is 10.0 Å². The summed E-state index contributed by atoms with van der Waals surface area (Å²) in [5.41, 5.74) is 3.31. The van der Waals surface area contributed by atoms with Gasteiger partial charge in [-0.2, -0.15) is 4.98 Å². The second-order valence-corrected chi connectivity index (χ2v) is 14.9. The van der Waals surface area contributed by atoms with Crippen LogP contribution in [-0.4, -0.2) is 93.4 Å². The Kier molecular flexibility index (Phi) is 9.32. The van der Waals surface area contributed by atoms with Gasteiger partial charge in [0, 0.05) is 64.0 Å². The van der Waals surface area contributed by atoms with Crippen molar-refractivity contribution in [2.45, 2.75) is 25.3 Å². The van der Waals surface area contributed by atoms with Gasteiger partial charge in [0.2, 0.25) is 16.0 Å². The van der Waals surface area contributed by atoms with E-state index in [1.54, 1.807) is 24.4 Å². The lowest BCUT2D eigenvalue weighted by molar-refractivity contribution is 0.0982. The highest BCUT2D eigenvalue weighted by molar-refractivity contribution is 9.10. The quantitative estimate of drug-likeness (QED) is 0.273. The van der Waals surface area contributed by atoms with Crippen LogP contribution in [0.5, 0.6) is 5.75 Å². The molecule has 0 saturated carbocycles. The molecule has 2 saturated heterocycles. The van der Waals surface area contributed by atoms with Crippen molar-refractivity contribution in [1.29, 1.82) is 0 Å². The zero-order chi connectivity index (χ0) is 31.0. The number of aromatic nitrogens is 2. The van der Waals surface area contributed by atoms with Crippen molar-refractivity contribution in [3.8, 4) is 5.75 Å². The summed E-state index contributed by atoms with van der Waals surface area (Å²) in [5, 5.41) is 7.49. The van der Waals surface area contributed by atoms with Crippen LogP contribution in [0.3, 0.4) is 0 Å². The number of benzene rings is 2. The molecule has 44 heavy (non-hydrogen) atoms. The normalized spacial score (nSPS) is 18.2. The number of piperazine rings is 1. The van der Waals surface area contributed by atoms with E-state index >= 15 is 0 Å². The van der Waals surface area contributed by atoms with Crippen molar-refractivity contribution in [3.63, 3.8) is 0 Å². The van der Waals surface area contributed by atoms with Crippen molar-refractivity contribution in [1.82, 2.24) is 19.8 Å². The van der Waals surface area contributed by atoms with Crippen LogP contribution < -0.4 is 25.0 Å². The molecule has 1 aromatic heterocycles. The maximum atomic E-state index is 12.1. The number of rotatable bonds is 8. The summed E-state index contributed by atoms with van der Waals surface area (Å²) in [6, 6.07) is 7.85. The van der Waals surface area contributed by atoms with E-state index in [0.717, 1.165) is 69.6 Å². The zero-order valence-electron chi connectivity index (χ0n) is 24.5. The molecule has 236 valence electrons. The monoisotopic (exact) mass is 724 g/mol. The number of hydrogen-bond donors (Lipinski definition) is 3. The lowest BCUT2D eigenvalue weighted by atomic mass is 10.0. The van der Waals surface area contributed by atoms with Crippen molar-refractivity contribution >= 4 is 83.7 Å². The van der Waals surface area contributed by atoms with Gasteiger partial charge in [0.25, 0.3) is 0 Å². The second-order valence-electron chi connectivity index (χ2n) is 11.5. The number of hydrogen-bond acceptors (Lipinski definition) is 10. The van der Waals surface area contributed by atoms with Gasteiger partial charge in [0.05, 0.1) is 50.1 Å². The summed E-state index contributed by atoms with van der Waals surface area (Å²) >= 11 is 17.0. The summed E-state index contributed by atoms with van der Waals surface area (Å²) < 4.78 is 33.0. The molecule has 0 spiro atoms. The predicted molar refractivity (Wildman–Crippen MR) is 181 cm³/mol. The molecular formula is C29H35BrCl2N8O3S. The van der Waals surface area contributed by atoms with Crippen molar-refractivity contribution in [2.24, 2.45) is 0 Å². The Balaban J connectivity index is 1.16. The molecule has 0 bridgehead atoms. The van der Waals surface area contributed by atoms with Crippen LogP contribution in [0.2, 0.25) is 10.0 Å². The fraction of sp³-hybridized carbons (Fsp3) is 0.448. The Labute approximate surface area is 276 Å². The van der Waals surface area contributed by atoms with E-state index in [9.17, 15) is 8.42 Å². The molecule has 0 atom stereocenters. The van der Waals surface area contributed by atoms with Crippen LogP contribution in [0.1, 0.15) is 18.4 Å². The minimum absolute atomic E-state index is 0.282. The van der Waals surface area contributed by atoms with Gasteiger partial charge >= 0.3 is 0 Å². The Morgan fingerprint density at radius 3 is 2.43 bits per heavy atom. The van der Waals surface area contributed by atoms with Crippen molar-refractivity contribution in [2.75, 3.05) is 79.4 Å². The Bertz CT molecular complexity index is 1650. The maximum absolute atomic E-state index is 12.1. The van der Waals surface area contributed by atoms with E-state index in [0.29, 0.717) is 62.2 Å². The fourth-order valence-corrected chi connectivity index (χ4v) is 7.26. The second kappa shape index (κ2) is 13.1. The Morgan fingerprint density at radius 2 is 1.70 bits per heavy atom. The summed E-state index contributed by atoms with van der Waals surface area (Å²) in [5.74, 6) is 1.39. The third kappa shape index (κ3) is 7.29. The number of piperidine rings is 1. The summed E-state index contributed by atoms with van der Waals surface area (Å²) in [4.78, 5) is 16.3. The lowest BCUT2D eigenvalue weighted by Crippen LogP contribution is -2.52. The first-order valence-electron chi connectivity index (χ1n) is 14.5. The van der Waals surface area contributed by atoms with Crippen molar-refractivity contribution < 1.29 is 13.2 Å². The van der Waals surface area contributed by atoms with Gasteiger partial charge in [-0.1, -0.05) is 23.2 Å². The summed E-state index contributed by atoms with van der Waals surface area (Å²) in [7, 11) is -1.34. The van der Waals surface area contributed by atoms with E-state index in [4.69, 9.17) is 27.9 Å². The molecule has 0 aliphatic carbocycles. The highest BCUT2D eigenvalue weighted by Gasteiger charge is 2.28. The molecule has 3 N–H and O–H groups in total. The van der Waals surface area contributed by atoms with Gasteiger partial charge in [-0.05, 0) is 59.6 Å². The van der Waals surface area contributed by atoms with Crippen LogP contribution in [0.4, 0.5) is 34.5 Å². The van der Waals surface area contributed by atoms with Gasteiger partial charge in [0.15, 0.2) is 0 Å². The SMILES string of the molecule is CN1CCN(C2CCN(c3cc(Cl)c(Nc4ncc(Br)c(Nc5cc6c(cc5NS(C)(=O)=O)CCO6)n4)cc3Cl)CC2)CC1. The number of nitrogens with zero attached hydrogens (tertiary/aromatic N) is 5. The maximum Gasteiger partial charge on any atom is 0.229 e. The van der Waals surface area contributed by atoms with Gasteiger partial charge in [-0.3, -0.25) is 9.62 Å². The molecule has 0 unspecified atom stereocenters. The van der Waals surface area contributed by atoms with Gasteiger partial charge in [0.1, 0.15) is 11.6 Å². The molecule has 2 fully saturated rings. The first-order valence-corrected chi connectivity index (χ1v) is 18.0. The van der Waals surface area contributed by atoms with Gasteiger partial charge in [-0.15, -0.1) is 0 Å². The third-order valence-electron chi connectivity index (χ3n) is 8.26. The first-order chi connectivity index (χ1) is 21.0. The summed E-state index contributed by atoms with van der Waals surface area (Å²) in [6.07, 6.45) is 5.60. The molecule has 6 rings (SSSR count). The number of halogens is 3. The van der Waals surface area contributed by atoms with Crippen LogP contribution in [-0.2, 0) is 16.4 Å². The Morgan fingerprint density at radius 1 is 0.955 bits per heavy atom. The fourth-order valence-electron chi connectivity index (χ4n) is 5.91. The third-order valence-corrected chi connectivity index (χ3v) is 10.1. The highest BCUT2D eigenvalue weighted by atomic mass is 79.9. The molecule has 3 aliphatic rings. The molecule has 11 nitrogen and oxygen atoms in total. The smallest absolute Gasteiger partial charge is 0.229 e. The number of sulfonamides is 1. The molecule has 4 heterocycles. The van der Waals surface area contributed by atoms with Crippen LogP contribution in [0.15, 0.2) is 34.9 Å². The van der Waals surface area contributed by atoms with E-state index in [-0.39, 0.29) is 5.95 Å². The zero-order valence-corrected chi connectivity index (χ0v) is 28.5. The predicted octanol–water partition coefficient (Wildman–Crippen LogP) is 5.56.